The van der Waals surface area contributed by atoms with Gasteiger partial charge in [-0.3, -0.25) is 8.97 Å². The number of hydrogen-bond donors (Lipinski definition) is 0. The second-order valence-corrected chi connectivity index (χ2v) is 11.0. The average Bonchev–Trinajstić information content (AvgIpc) is 3.62. The van der Waals surface area contributed by atoms with Gasteiger partial charge in [0.1, 0.15) is 11.5 Å². The molecule has 0 bridgehead atoms. The van der Waals surface area contributed by atoms with Crippen molar-refractivity contribution in [2.75, 3.05) is 0 Å². The molecule has 4 heteroatoms. The van der Waals surface area contributed by atoms with Crippen molar-refractivity contribution in [3.05, 3.63) is 139 Å². The van der Waals surface area contributed by atoms with E-state index in [0.717, 1.165) is 62.5 Å². The highest BCUT2D eigenvalue weighted by atomic mass is 15.1. The summed E-state index contributed by atoms with van der Waals surface area (Å²) in [5, 5.41) is 3.59. The molecule has 0 saturated heterocycles. The van der Waals surface area contributed by atoms with Crippen LogP contribution >= 0.6 is 0 Å². The molecule has 0 amide bonds. The molecule has 0 radical (unpaired) electrons. The molecule has 8 rings (SSSR count). The van der Waals surface area contributed by atoms with Crippen LogP contribution in [0.15, 0.2) is 127 Å². The van der Waals surface area contributed by atoms with Gasteiger partial charge in [0.05, 0.1) is 27.9 Å². The zero-order chi connectivity index (χ0) is 28.9. The van der Waals surface area contributed by atoms with Gasteiger partial charge in [0.15, 0.2) is 0 Å². The molecule has 0 atom stereocenters. The molecule has 8 aromatic rings. The Morgan fingerprint density at radius 3 is 2.14 bits per heavy atom. The van der Waals surface area contributed by atoms with Crippen LogP contribution in [0.1, 0.15) is 24.7 Å². The first kappa shape index (κ1) is 25.2. The lowest BCUT2D eigenvalue weighted by Gasteiger charge is -2.12. The third kappa shape index (κ3) is 4.06. The molecule has 3 aromatic heterocycles. The molecule has 5 aromatic carbocycles. The van der Waals surface area contributed by atoms with Crippen molar-refractivity contribution in [1.29, 1.82) is 0 Å². The maximum atomic E-state index is 5.04. The Labute approximate surface area is 250 Å². The van der Waals surface area contributed by atoms with Crippen LogP contribution in [0.5, 0.6) is 0 Å². The topological polar surface area (TPSA) is 35.1 Å². The number of para-hydroxylation sites is 3. The summed E-state index contributed by atoms with van der Waals surface area (Å²) in [5.74, 6) is 0.949. The Bertz CT molecular complexity index is 2320. The van der Waals surface area contributed by atoms with E-state index in [0.29, 0.717) is 0 Å². The average molecular weight is 555 g/mol. The lowest BCUT2D eigenvalue weighted by molar-refractivity contribution is 1.05. The van der Waals surface area contributed by atoms with Crippen LogP contribution in [0.25, 0.3) is 72.6 Å². The van der Waals surface area contributed by atoms with E-state index < -0.39 is 0 Å². The molecule has 0 saturated carbocycles. The molecule has 0 N–H and O–H groups in total. The number of rotatable bonds is 5. The molecule has 0 aliphatic heterocycles. The maximum absolute atomic E-state index is 5.04. The number of nitrogens with zero attached hydrogens (tertiary/aromatic N) is 4. The second-order valence-electron chi connectivity index (χ2n) is 11.0. The van der Waals surface area contributed by atoms with Gasteiger partial charge in [-0.15, -0.1) is 0 Å². The van der Waals surface area contributed by atoms with Crippen LogP contribution in [0, 0.1) is 6.92 Å². The highest BCUT2D eigenvalue weighted by molar-refractivity contribution is 6.14. The molecule has 0 aliphatic rings. The molecule has 206 valence electrons. The summed E-state index contributed by atoms with van der Waals surface area (Å²) in [6, 6.07) is 43.1. The van der Waals surface area contributed by atoms with Crippen molar-refractivity contribution < 1.29 is 0 Å². The fourth-order valence-corrected chi connectivity index (χ4v) is 6.30. The quantitative estimate of drug-likeness (QED) is 0.198. The fourth-order valence-electron chi connectivity index (χ4n) is 6.30. The predicted octanol–water partition coefficient (Wildman–Crippen LogP) is 10.0. The molecule has 0 spiro atoms. The molecular weight excluding hydrogens is 524 g/mol. The molecule has 0 fully saturated rings. The number of allylic oxidation sites excluding steroid dienone is 1. The normalized spacial score (nSPS) is 12.0. The number of benzene rings is 5. The van der Waals surface area contributed by atoms with E-state index in [-0.39, 0.29) is 0 Å². The summed E-state index contributed by atoms with van der Waals surface area (Å²) >= 11 is 0. The lowest BCUT2D eigenvalue weighted by Crippen LogP contribution is -2.00. The third-order valence-electron chi connectivity index (χ3n) is 8.36. The molecule has 3 heterocycles. The lowest BCUT2D eigenvalue weighted by atomic mass is 9.99. The van der Waals surface area contributed by atoms with Crippen LogP contribution < -0.4 is 0 Å². The zero-order valence-electron chi connectivity index (χ0n) is 24.2. The van der Waals surface area contributed by atoms with Gasteiger partial charge in [0.25, 0.3) is 0 Å². The van der Waals surface area contributed by atoms with Gasteiger partial charge in [0.2, 0.25) is 0 Å². The Hall–Kier alpha value is -5.48. The van der Waals surface area contributed by atoms with Gasteiger partial charge in [-0.25, -0.2) is 9.97 Å². The van der Waals surface area contributed by atoms with Crippen molar-refractivity contribution >= 4 is 44.4 Å². The Balaban J connectivity index is 1.27. The predicted molar refractivity (Wildman–Crippen MR) is 180 cm³/mol. The van der Waals surface area contributed by atoms with Gasteiger partial charge < -0.3 is 0 Å². The van der Waals surface area contributed by atoms with Crippen molar-refractivity contribution in [1.82, 2.24) is 18.9 Å². The number of hydrogen-bond acceptors (Lipinski definition) is 2. The molecule has 43 heavy (non-hydrogen) atoms. The number of fused-ring (bicyclic) bond motifs is 8. The molecule has 0 unspecified atom stereocenters. The first-order chi connectivity index (χ1) is 21.2. The van der Waals surface area contributed by atoms with E-state index in [1.54, 1.807) is 0 Å². The summed E-state index contributed by atoms with van der Waals surface area (Å²) in [5.41, 5.74) is 11.0. The minimum Gasteiger partial charge on any atom is -0.293 e. The monoisotopic (exact) mass is 554 g/mol. The van der Waals surface area contributed by atoms with E-state index in [4.69, 9.17) is 9.97 Å². The summed E-state index contributed by atoms with van der Waals surface area (Å²) in [6.07, 6.45) is 5.36. The van der Waals surface area contributed by atoms with Crippen molar-refractivity contribution in [2.24, 2.45) is 0 Å². The molecular formula is C39H30N4. The minimum atomic E-state index is 0.949. The zero-order valence-corrected chi connectivity index (χ0v) is 24.2. The summed E-state index contributed by atoms with van der Waals surface area (Å²) in [4.78, 5) is 10.1. The van der Waals surface area contributed by atoms with Crippen LogP contribution in [-0.4, -0.2) is 18.9 Å². The number of pyridine rings is 1. The van der Waals surface area contributed by atoms with Crippen LogP contribution in [-0.2, 0) is 0 Å². The standard InChI is InChI=1S/C39H30N4/c1-3-4-17-35-26(2)40-38(42(35)30-12-6-5-7-13-30)28-21-19-27(20-22-28)29-23-24-36-33(25-29)31-14-8-9-15-32(31)39-41-34-16-10-11-18-37(34)43(36)39/h4-25H,3H2,1-2H3/b17-4-. The van der Waals surface area contributed by atoms with Crippen LogP contribution in [0.3, 0.4) is 0 Å². The number of aryl methyl sites for hydroxylation is 1. The van der Waals surface area contributed by atoms with Crippen molar-refractivity contribution in [2.45, 2.75) is 20.3 Å². The SMILES string of the molecule is CC/C=C\c1c(C)nc(-c2ccc(-c3ccc4c(c3)c3ccccc3c3nc5ccccc5n43)cc2)n1-c1ccccc1. The van der Waals surface area contributed by atoms with Gasteiger partial charge in [-0.2, -0.15) is 0 Å². The first-order valence-corrected chi connectivity index (χ1v) is 14.8. The summed E-state index contributed by atoms with van der Waals surface area (Å²) in [6.45, 7) is 4.25. The van der Waals surface area contributed by atoms with E-state index >= 15 is 0 Å². The van der Waals surface area contributed by atoms with Crippen LogP contribution in [0.4, 0.5) is 0 Å². The minimum absolute atomic E-state index is 0.949. The summed E-state index contributed by atoms with van der Waals surface area (Å²) < 4.78 is 4.57. The Morgan fingerprint density at radius 1 is 0.628 bits per heavy atom. The smallest absolute Gasteiger partial charge is 0.146 e. The summed E-state index contributed by atoms with van der Waals surface area (Å²) in [7, 11) is 0. The van der Waals surface area contributed by atoms with E-state index in [1.807, 2.05) is 0 Å². The van der Waals surface area contributed by atoms with Gasteiger partial charge in [0, 0.05) is 22.0 Å². The van der Waals surface area contributed by atoms with Gasteiger partial charge >= 0.3 is 0 Å². The van der Waals surface area contributed by atoms with Gasteiger partial charge in [-0.05, 0) is 72.3 Å². The number of imidazole rings is 2. The fraction of sp³-hybridized carbons (Fsp3) is 0.0769. The second kappa shape index (κ2) is 10.1. The molecule has 0 aliphatic carbocycles. The molecule has 4 nitrogen and oxygen atoms in total. The van der Waals surface area contributed by atoms with Crippen molar-refractivity contribution in [3.8, 4) is 28.2 Å². The van der Waals surface area contributed by atoms with Crippen molar-refractivity contribution in [3.63, 3.8) is 0 Å². The van der Waals surface area contributed by atoms with E-state index in [1.165, 1.54) is 21.9 Å². The Kier molecular flexibility index (Phi) is 5.93. The maximum Gasteiger partial charge on any atom is 0.146 e. The number of aromatic nitrogens is 4. The highest BCUT2D eigenvalue weighted by Gasteiger charge is 2.17. The Morgan fingerprint density at radius 2 is 1.33 bits per heavy atom. The largest absolute Gasteiger partial charge is 0.293 e. The third-order valence-corrected chi connectivity index (χ3v) is 8.36. The van der Waals surface area contributed by atoms with Gasteiger partial charge in [-0.1, -0.05) is 97.9 Å². The van der Waals surface area contributed by atoms with E-state index in [9.17, 15) is 0 Å². The van der Waals surface area contributed by atoms with Crippen LogP contribution in [0.2, 0.25) is 0 Å². The first-order valence-electron chi connectivity index (χ1n) is 14.8. The van der Waals surface area contributed by atoms with E-state index in [2.05, 4.69) is 156 Å². The highest BCUT2D eigenvalue weighted by Crippen LogP contribution is 2.35.